The molecule has 2 atom stereocenters. The number of rotatable bonds is 1. The first kappa shape index (κ1) is 9.51. The summed E-state index contributed by atoms with van der Waals surface area (Å²) in [6.07, 6.45) is 7.50. The topological polar surface area (TPSA) is 3.24 Å². The molecule has 1 nitrogen and oxygen atoms in total. The number of nitrogens with zero attached hydrogens (tertiary/aromatic N) is 1. The van der Waals surface area contributed by atoms with Gasteiger partial charge in [0.1, 0.15) is 0 Å². The van der Waals surface area contributed by atoms with E-state index in [1.54, 1.807) is 0 Å². The SMILES string of the molecule is CC(C)N1CC[C@H]2CCCC[C@H]2C1. The molecule has 1 aliphatic carbocycles. The molecule has 0 spiro atoms. The van der Waals surface area contributed by atoms with Crippen LogP contribution in [0.15, 0.2) is 0 Å². The molecule has 2 aliphatic rings. The highest BCUT2D eigenvalue weighted by Gasteiger charge is 2.31. The quantitative estimate of drug-likeness (QED) is 0.601. The van der Waals surface area contributed by atoms with Gasteiger partial charge in [-0.2, -0.15) is 0 Å². The van der Waals surface area contributed by atoms with Crippen molar-refractivity contribution in [2.24, 2.45) is 11.8 Å². The van der Waals surface area contributed by atoms with Gasteiger partial charge in [0.2, 0.25) is 0 Å². The van der Waals surface area contributed by atoms with E-state index in [0.29, 0.717) is 0 Å². The maximum absolute atomic E-state index is 2.67. The summed E-state index contributed by atoms with van der Waals surface area (Å²) in [6.45, 7) is 7.42. The van der Waals surface area contributed by atoms with Crippen LogP contribution < -0.4 is 0 Å². The van der Waals surface area contributed by atoms with Crippen LogP contribution in [0, 0.1) is 11.8 Å². The van der Waals surface area contributed by atoms with E-state index in [9.17, 15) is 0 Å². The minimum Gasteiger partial charge on any atom is -0.301 e. The lowest BCUT2D eigenvalue weighted by Gasteiger charge is -2.42. The van der Waals surface area contributed by atoms with Crippen LogP contribution in [0.3, 0.4) is 0 Å². The number of likely N-dealkylation sites (tertiary alicyclic amines) is 1. The summed E-state index contributed by atoms with van der Waals surface area (Å²) in [6, 6.07) is 0.767. The number of hydrogen-bond acceptors (Lipinski definition) is 1. The summed E-state index contributed by atoms with van der Waals surface area (Å²) in [7, 11) is 0. The van der Waals surface area contributed by atoms with Crippen LogP contribution in [-0.4, -0.2) is 24.0 Å². The first-order valence-electron chi connectivity index (χ1n) is 6.01. The Balaban J connectivity index is 1.91. The van der Waals surface area contributed by atoms with Crippen LogP contribution in [0.5, 0.6) is 0 Å². The fourth-order valence-corrected chi connectivity index (χ4v) is 3.10. The zero-order valence-electron chi connectivity index (χ0n) is 9.13. The van der Waals surface area contributed by atoms with Gasteiger partial charge in [0.05, 0.1) is 0 Å². The first-order valence-corrected chi connectivity index (χ1v) is 6.01. The van der Waals surface area contributed by atoms with Crippen LogP contribution in [0.1, 0.15) is 46.0 Å². The van der Waals surface area contributed by atoms with E-state index in [0.717, 1.165) is 17.9 Å². The second kappa shape index (κ2) is 4.00. The fraction of sp³-hybridized carbons (Fsp3) is 1.00. The standard InChI is InChI=1S/C12H23N/c1-10(2)13-8-7-11-5-3-4-6-12(11)9-13/h10-12H,3-9H2,1-2H3/t11-,12+/m1/s1. The molecule has 0 aromatic rings. The van der Waals surface area contributed by atoms with Crippen molar-refractivity contribution in [1.29, 1.82) is 0 Å². The maximum atomic E-state index is 2.67. The Hall–Kier alpha value is -0.0400. The van der Waals surface area contributed by atoms with E-state index in [2.05, 4.69) is 18.7 Å². The minimum atomic E-state index is 0.767. The molecule has 2 fully saturated rings. The van der Waals surface area contributed by atoms with E-state index in [-0.39, 0.29) is 0 Å². The van der Waals surface area contributed by atoms with Crippen molar-refractivity contribution in [1.82, 2.24) is 4.90 Å². The van der Waals surface area contributed by atoms with Crippen molar-refractivity contribution in [2.45, 2.75) is 52.0 Å². The molecule has 76 valence electrons. The molecule has 0 amide bonds. The summed E-state index contributed by atoms with van der Waals surface area (Å²) in [5.74, 6) is 2.13. The Labute approximate surface area is 82.5 Å². The van der Waals surface area contributed by atoms with Gasteiger partial charge in [0.25, 0.3) is 0 Å². The Morgan fingerprint density at radius 2 is 1.69 bits per heavy atom. The minimum absolute atomic E-state index is 0.767. The smallest absolute Gasteiger partial charge is 0.00387 e. The molecule has 0 aromatic heterocycles. The van der Waals surface area contributed by atoms with Crippen molar-refractivity contribution < 1.29 is 0 Å². The average Bonchev–Trinajstić information content (AvgIpc) is 2.17. The number of hydrogen-bond donors (Lipinski definition) is 0. The molecule has 1 heterocycles. The first-order chi connectivity index (χ1) is 6.27. The third-order valence-electron chi connectivity index (χ3n) is 4.05. The Kier molecular flexibility index (Phi) is 2.92. The van der Waals surface area contributed by atoms with Crippen molar-refractivity contribution in [3.05, 3.63) is 0 Å². The molecule has 1 saturated carbocycles. The van der Waals surface area contributed by atoms with Gasteiger partial charge in [-0.1, -0.05) is 19.3 Å². The normalized spacial score (nSPS) is 36.2. The van der Waals surface area contributed by atoms with Gasteiger partial charge in [-0.15, -0.1) is 0 Å². The third kappa shape index (κ3) is 2.07. The van der Waals surface area contributed by atoms with E-state index >= 15 is 0 Å². The molecule has 13 heavy (non-hydrogen) atoms. The van der Waals surface area contributed by atoms with Crippen LogP contribution in [-0.2, 0) is 0 Å². The molecule has 0 bridgehead atoms. The Bertz CT molecular complexity index is 165. The predicted octanol–water partition coefficient (Wildman–Crippen LogP) is 2.91. The zero-order valence-corrected chi connectivity index (χ0v) is 9.13. The molecule has 1 aliphatic heterocycles. The van der Waals surface area contributed by atoms with Gasteiger partial charge in [0.15, 0.2) is 0 Å². The van der Waals surface area contributed by atoms with E-state index < -0.39 is 0 Å². The number of fused-ring (bicyclic) bond motifs is 1. The van der Waals surface area contributed by atoms with Gasteiger partial charge < -0.3 is 4.90 Å². The lowest BCUT2D eigenvalue weighted by atomic mass is 9.75. The highest BCUT2D eigenvalue weighted by molar-refractivity contribution is 4.84. The molecule has 0 aromatic carbocycles. The van der Waals surface area contributed by atoms with Crippen LogP contribution in [0.2, 0.25) is 0 Å². The monoisotopic (exact) mass is 181 g/mol. The van der Waals surface area contributed by atoms with Gasteiger partial charge >= 0.3 is 0 Å². The lowest BCUT2D eigenvalue weighted by molar-refractivity contribution is 0.0669. The highest BCUT2D eigenvalue weighted by Crippen LogP contribution is 2.36. The van der Waals surface area contributed by atoms with E-state index in [4.69, 9.17) is 0 Å². The second-order valence-electron chi connectivity index (χ2n) is 5.18. The Morgan fingerprint density at radius 3 is 2.38 bits per heavy atom. The molecule has 0 N–H and O–H groups in total. The molecular formula is C12H23N. The third-order valence-corrected chi connectivity index (χ3v) is 4.05. The van der Waals surface area contributed by atoms with Gasteiger partial charge in [-0.25, -0.2) is 0 Å². The van der Waals surface area contributed by atoms with Crippen molar-refractivity contribution in [3.8, 4) is 0 Å². The van der Waals surface area contributed by atoms with E-state index in [1.807, 2.05) is 0 Å². The fourth-order valence-electron chi connectivity index (χ4n) is 3.10. The lowest BCUT2D eigenvalue weighted by Crippen LogP contribution is -2.44. The number of piperidine rings is 1. The summed E-state index contributed by atoms with van der Waals surface area (Å²) < 4.78 is 0. The van der Waals surface area contributed by atoms with Gasteiger partial charge in [-0.3, -0.25) is 0 Å². The van der Waals surface area contributed by atoms with Gasteiger partial charge in [0, 0.05) is 12.6 Å². The van der Waals surface area contributed by atoms with Crippen molar-refractivity contribution in [2.75, 3.05) is 13.1 Å². The molecule has 0 radical (unpaired) electrons. The predicted molar refractivity (Wildman–Crippen MR) is 56.8 cm³/mol. The second-order valence-corrected chi connectivity index (χ2v) is 5.18. The van der Waals surface area contributed by atoms with Crippen molar-refractivity contribution in [3.63, 3.8) is 0 Å². The molecule has 1 saturated heterocycles. The molecule has 0 unspecified atom stereocenters. The van der Waals surface area contributed by atoms with Crippen LogP contribution >= 0.6 is 0 Å². The summed E-state index contributed by atoms with van der Waals surface area (Å²) in [4.78, 5) is 2.67. The molecule has 2 rings (SSSR count). The van der Waals surface area contributed by atoms with Crippen LogP contribution in [0.25, 0.3) is 0 Å². The van der Waals surface area contributed by atoms with Crippen LogP contribution in [0.4, 0.5) is 0 Å². The van der Waals surface area contributed by atoms with Gasteiger partial charge in [-0.05, 0) is 45.1 Å². The molecule has 1 heteroatoms. The summed E-state index contributed by atoms with van der Waals surface area (Å²) in [5, 5.41) is 0. The molecular weight excluding hydrogens is 158 g/mol. The summed E-state index contributed by atoms with van der Waals surface area (Å²) >= 11 is 0. The zero-order chi connectivity index (χ0) is 9.26. The average molecular weight is 181 g/mol. The highest BCUT2D eigenvalue weighted by atomic mass is 15.2. The van der Waals surface area contributed by atoms with Crippen molar-refractivity contribution >= 4 is 0 Å². The maximum Gasteiger partial charge on any atom is 0.00387 e. The van der Waals surface area contributed by atoms with E-state index in [1.165, 1.54) is 45.2 Å². The summed E-state index contributed by atoms with van der Waals surface area (Å²) in [5.41, 5.74) is 0. The largest absolute Gasteiger partial charge is 0.301 e. The Morgan fingerprint density at radius 1 is 1.00 bits per heavy atom.